The molecule has 3 heterocycles. The zero-order valence-corrected chi connectivity index (χ0v) is 17.4. The van der Waals surface area contributed by atoms with Crippen LogP contribution in [-0.2, 0) is 22.6 Å². The molecular formula is C24H31N3O3. The largest absolute Gasteiger partial charge is 0.469 e. The molecule has 1 aromatic heterocycles. The number of carbonyl (C=O) groups is 2. The normalized spacial score (nSPS) is 22.7. The van der Waals surface area contributed by atoms with E-state index in [-0.39, 0.29) is 23.4 Å². The van der Waals surface area contributed by atoms with Gasteiger partial charge in [-0.1, -0.05) is 30.3 Å². The Kier molecular flexibility index (Phi) is 6.53. The number of rotatable bonds is 8. The Morgan fingerprint density at radius 2 is 1.97 bits per heavy atom. The molecule has 2 aromatic rings. The molecule has 2 amide bonds. The number of furan rings is 1. The van der Waals surface area contributed by atoms with E-state index >= 15 is 0 Å². The molecule has 0 radical (unpaired) electrons. The second-order valence-electron chi connectivity index (χ2n) is 8.69. The van der Waals surface area contributed by atoms with Crippen LogP contribution in [0.1, 0.15) is 49.8 Å². The lowest BCUT2D eigenvalue weighted by Gasteiger charge is -2.33. The number of piperidine rings is 1. The molecule has 2 aliphatic rings. The van der Waals surface area contributed by atoms with Crippen LogP contribution in [0.25, 0.3) is 0 Å². The summed E-state index contributed by atoms with van der Waals surface area (Å²) in [4.78, 5) is 26.9. The van der Waals surface area contributed by atoms with Gasteiger partial charge in [-0.2, -0.15) is 0 Å². The molecule has 2 aliphatic heterocycles. The van der Waals surface area contributed by atoms with Crippen molar-refractivity contribution in [3.63, 3.8) is 0 Å². The van der Waals surface area contributed by atoms with Gasteiger partial charge in [-0.25, -0.2) is 0 Å². The Bertz CT molecular complexity index is 829. The summed E-state index contributed by atoms with van der Waals surface area (Å²) in [6, 6.07) is 14.5. The molecule has 2 saturated heterocycles. The summed E-state index contributed by atoms with van der Waals surface area (Å²) in [7, 11) is 0. The highest BCUT2D eigenvalue weighted by Gasteiger charge is 2.38. The molecule has 1 atom stereocenters. The van der Waals surface area contributed by atoms with Crippen molar-refractivity contribution < 1.29 is 14.0 Å². The van der Waals surface area contributed by atoms with Crippen LogP contribution in [0.4, 0.5) is 0 Å². The maximum atomic E-state index is 12.6. The van der Waals surface area contributed by atoms with E-state index in [2.05, 4.69) is 39.8 Å². The summed E-state index contributed by atoms with van der Waals surface area (Å²) in [6.45, 7) is 2.97. The summed E-state index contributed by atoms with van der Waals surface area (Å²) in [5.74, 6) is 0.993. The fourth-order valence-corrected chi connectivity index (χ4v) is 4.66. The van der Waals surface area contributed by atoms with Crippen molar-refractivity contribution >= 4 is 11.8 Å². The summed E-state index contributed by atoms with van der Waals surface area (Å²) in [6.07, 6.45) is 6.57. The van der Waals surface area contributed by atoms with Crippen molar-refractivity contribution in [3.05, 3.63) is 60.1 Å². The molecule has 1 aromatic carbocycles. The van der Waals surface area contributed by atoms with Gasteiger partial charge in [-0.15, -0.1) is 0 Å². The first-order valence-electron chi connectivity index (χ1n) is 11.0. The number of hydrogen-bond acceptors (Lipinski definition) is 4. The third-order valence-corrected chi connectivity index (χ3v) is 6.36. The fraction of sp³-hybridized carbons (Fsp3) is 0.500. The van der Waals surface area contributed by atoms with E-state index in [0.29, 0.717) is 25.7 Å². The van der Waals surface area contributed by atoms with Gasteiger partial charge in [0.25, 0.3) is 0 Å². The van der Waals surface area contributed by atoms with Crippen molar-refractivity contribution in [1.29, 1.82) is 0 Å². The van der Waals surface area contributed by atoms with Gasteiger partial charge in [0.1, 0.15) is 5.76 Å². The third kappa shape index (κ3) is 5.51. The number of nitrogens with zero attached hydrogens (tertiary/aromatic N) is 1. The summed E-state index contributed by atoms with van der Waals surface area (Å²) in [5.41, 5.74) is 0.964. The van der Waals surface area contributed by atoms with Gasteiger partial charge in [-0.05, 0) is 43.4 Å². The second kappa shape index (κ2) is 9.47. The molecule has 0 aliphatic carbocycles. The Labute approximate surface area is 178 Å². The van der Waals surface area contributed by atoms with Crippen LogP contribution in [0, 0.1) is 0 Å². The van der Waals surface area contributed by atoms with Crippen LogP contribution in [-0.4, -0.2) is 41.4 Å². The SMILES string of the molecule is O=C(CC[C@@]1(Cc2ccco2)CCC(=O)N1)NC1CCN(Cc2ccccc2)CC1. The lowest BCUT2D eigenvalue weighted by Crippen LogP contribution is -2.46. The first-order valence-corrected chi connectivity index (χ1v) is 11.0. The third-order valence-electron chi connectivity index (χ3n) is 6.36. The Morgan fingerprint density at radius 3 is 2.63 bits per heavy atom. The van der Waals surface area contributed by atoms with Crippen molar-refractivity contribution in [2.45, 2.75) is 63.1 Å². The molecule has 0 bridgehead atoms. The highest BCUT2D eigenvalue weighted by Crippen LogP contribution is 2.29. The van der Waals surface area contributed by atoms with Crippen LogP contribution in [0.15, 0.2) is 53.1 Å². The van der Waals surface area contributed by atoms with Gasteiger partial charge in [-0.3, -0.25) is 14.5 Å². The lowest BCUT2D eigenvalue weighted by molar-refractivity contribution is -0.123. The van der Waals surface area contributed by atoms with Crippen molar-refractivity contribution in [3.8, 4) is 0 Å². The Hall–Kier alpha value is -2.60. The number of carbonyl (C=O) groups excluding carboxylic acids is 2. The number of nitrogens with one attached hydrogen (secondary N) is 2. The van der Waals surface area contributed by atoms with Crippen molar-refractivity contribution in [2.24, 2.45) is 0 Å². The average molecular weight is 410 g/mol. The molecule has 30 heavy (non-hydrogen) atoms. The predicted molar refractivity (Wildman–Crippen MR) is 115 cm³/mol. The quantitative estimate of drug-likeness (QED) is 0.703. The zero-order valence-electron chi connectivity index (χ0n) is 17.4. The van der Waals surface area contributed by atoms with Crippen LogP contribution in [0.3, 0.4) is 0 Å². The maximum absolute atomic E-state index is 12.6. The van der Waals surface area contributed by atoms with E-state index in [4.69, 9.17) is 4.42 Å². The minimum Gasteiger partial charge on any atom is -0.469 e. The molecule has 160 valence electrons. The molecule has 0 saturated carbocycles. The number of amides is 2. The van der Waals surface area contributed by atoms with Gasteiger partial charge in [0.2, 0.25) is 11.8 Å². The summed E-state index contributed by atoms with van der Waals surface area (Å²) < 4.78 is 5.48. The van der Waals surface area contributed by atoms with E-state index in [1.807, 2.05) is 18.2 Å². The fourth-order valence-electron chi connectivity index (χ4n) is 4.66. The molecule has 2 N–H and O–H groups in total. The first kappa shape index (κ1) is 20.7. The van der Waals surface area contributed by atoms with Gasteiger partial charge in [0.15, 0.2) is 0 Å². The van der Waals surface area contributed by atoms with E-state index in [0.717, 1.165) is 44.7 Å². The van der Waals surface area contributed by atoms with Crippen molar-refractivity contribution in [1.82, 2.24) is 15.5 Å². The van der Waals surface area contributed by atoms with Crippen molar-refractivity contribution in [2.75, 3.05) is 13.1 Å². The molecular weight excluding hydrogens is 378 g/mol. The highest BCUT2D eigenvalue weighted by molar-refractivity contribution is 5.80. The second-order valence-corrected chi connectivity index (χ2v) is 8.69. The molecule has 6 heteroatoms. The van der Waals surface area contributed by atoms with Gasteiger partial charge in [0, 0.05) is 50.5 Å². The molecule has 0 unspecified atom stereocenters. The lowest BCUT2D eigenvalue weighted by atomic mass is 9.87. The number of likely N-dealkylation sites (tertiary alicyclic amines) is 1. The van der Waals surface area contributed by atoms with Crippen LogP contribution in [0.5, 0.6) is 0 Å². The van der Waals surface area contributed by atoms with Crippen LogP contribution in [0.2, 0.25) is 0 Å². The van der Waals surface area contributed by atoms with E-state index in [1.54, 1.807) is 6.26 Å². The molecule has 2 fully saturated rings. The highest BCUT2D eigenvalue weighted by atomic mass is 16.3. The Morgan fingerprint density at radius 1 is 1.17 bits per heavy atom. The number of hydrogen-bond donors (Lipinski definition) is 2. The van der Waals surface area contributed by atoms with Gasteiger partial charge in [0.05, 0.1) is 6.26 Å². The van der Waals surface area contributed by atoms with E-state index in [9.17, 15) is 9.59 Å². The minimum atomic E-state index is -0.370. The topological polar surface area (TPSA) is 74.6 Å². The summed E-state index contributed by atoms with van der Waals surface area (Å²) in [5, 5.41) is 6.32. The van der Waals surface area contributed by atoms with E-state index < -0.39 is 0 Å². The zero-order chi connectivity index (χ0) is 20.8. The first-order chi connectivity index (χ1) is 14.6. The minimum absolute atomic E-state index is 0.0627. The Balaban J connectivity index is 1.22. The van der Waals surface area contributed by atoms with Crippen LogP contribution >= 0.6 is 0 Å². The van der Waals surface area contributed by atoms with Gasteiger partial charge >= 0.3 is 0 Å². The molecule has 0 spiro atoms. The smallest absolute Gasteiger partial charge is 0.220 e. The maximum Gasteiger partial charge on any atom is 0.220 e. The average Bonchev–Trinajstić information content (AvgIpc) is 3.39. The van der Waals surface area contributed by atoms with Gasteiger partial charge < -0.3 is 15.1 Å². The van der Waals surface area contributed by atoms with Crippen LogP contribution < -0.4 is 10.6 Å². The summed E-state index contributed by atoms with van der Waals surface area (Å²) >= 11 is 0. The van der Waals surface area contributed by atoms with E-state index in [1.165, 1.54) is 5.56 Å². The number of benzene rings is 1. The predicted octanol–water partition coefficient (Wildman–Crippen LogP) is 3.03. The monoisotopic (exact) mass is 409 g/mol. The molecule has 4 rings (SSSR count). The standard InChI is InChI=1S/C24H31N3O3/c28-22(8-12-24(13-9-23(29)26-24)17-21-7-4-16-30-21)25-20-10-14-27(15-11-20)18-19-5-2-1-3-6-19/h1-7,16,20H,8-15,17-18H2,(H,25,28)(H,26,29)/t24-/m0/s1. The molecule has 6 nitrogen and oxygen atoms in total.